The van der Waals surface area contributed by atoms with Crippen LogP contribution in [0.1, 0.15) is 29.7 Å². The molecule has 4 N–H and O–H groups in total. The van der Waals surface area contributed by atoms with E-state index >= 15 is 0 Å². The lowest BCUT2D eigenvalue weighted by molar-refractivity contribution is -0.232. The SMILES string of the molecule is CCOc1ccc(Cc2cc(C3OC(CO)C(O)C(O)C3O)c(OCC3(F)COC3)cc2Cl)cc1. The summed E-state index contributed by atoms with van der Waals surface area (Å²) in [5.74, 6) is 0.909. The summed E-state index contributed by atoms with van der Waals surface area (Å²) in [6.45, 7) is 1.40. The number of alkyl halides is 1. The molecule has 0 aromatic heterocycles. The number of ether oxygens (including phenoxy) is 4. The van der Waals surface area contributed by atoms with Gasteiger partial charge in [0.2, 0.25) is 0 Å². The number of benzene rings is 2. The van der Waals surface area contributed by atoms with Crippen LogP contribution < -0.4 is 9.47 Å². The molecule has 192 valence electrons. The zero-order valence-electron chi connectivity index (χ0n) is 19.3. The molecule has 35 heavy (non-hydrogen) atoms. The van der Waals surface area contributed by atoms with E-state index in [9.17, 15) is 24.8 Å². The molecule has 2 heterocycles. The van der Waals surface area contributed by atoms with Crippen molar-refractivity contribution in [1.29, 1.82) is 0 Å². The van der Waals surface area contributed by atoms with Crippen LogP contribution in [-0.2, 0) is 15.9 Å². The number of hydrogen-bond donors (Lipinski definition) is 4. The Morgan fingerprint density at radius 1 is 1.06 bits per heavy atom. The summed E-state index contributed by atoms with van der Waals surface area (Å²) < 4.78 is 36.5. The van der Waals surface area contributed by atoms with Crippen molar-refractivity contribution in [1.82, 2.24) is 0 Å². The molecule has 0 bridgehead atoms. The largest absolute Gasteiger partial charge is 0.494 e. The monoisotopic (exact) mass is 512 g/mol. The smallest absolute Gasteiger partial charge is 0.190 e. The Bertz CT molecular complexity index is 998. The number of hydrogen-bond acceptors (Lipinski definition) is 8. The molecule has 8 nitrogen and oxygen atoms in total. The Morgan fingerprint density at radius 2 is 1.77 bits per heavy atom. The minimum atomic E-state index is -1.64. The van der Waals surface area contributed by atoms with Crippen LogP contribution in [0, 0.1) is 0 Å². The van der Waals surface area contributed by atoms with E-state index in [1.807, 2.05) is 31.2 Å². The molecule has 2 fully saturated rings. The highest BCUT2D eigenvalue weighted by Gasteiger charge is 2.45. The minimum Gasteiger partial charge on any atom is -0.494 e. The van der Waals surface area contributed by atoms with Crippen molar-refractivity contribution >= 4 is 11.6 Å². The average molecular weight is 513 g/mol. The van der Waals surface area contributed by atoms with Gasteiger partial charge in [-0.1, -0.05) is 23.7 Å². The highest BCUT2D eigenvalue weighted by molar-refractivity contribution is 6.31. The van der Waals surface area contributed by atoms with Gasteiger partial charge >= 0.3 is 0 Å². The van der Waals surface area contributed by atoms with E-state index in [2.05, 4.69) is 0 Å². The Kier molecular flexibility index (Phi) is 8.17. The van der Waals surface area contributed by atoms with Crippen LogP contribution in [0.25, 0.3) is 0 Å². The number of aliphatic hydroxyl groups excluding tert-OH is 4. The molecule has 5 atom stereocenters. The van der Waals surface area contributed by atoms with E-state index < -0.39 is 42.8 Å². The summed E-state index contributed by atoms with van der Waals surface area (Å²) in [5, 5.41) is 41.1. The lowest BCUT2D eigenvalue weighted by atomic mass is 9.89. The zero-order chi connectivity index (χ0) is 25.2. The van der Waals surface area contributed by atoms with Gasteiger partial charge in [0.05, 0.1) is 26.4 Å². The molecule has 2 aliphatic rings. The van der Waals surface area contributed by atoms with Gasteiger partial charge in [-0.05, 0) is 48.7 Å². The van der Waals surface area contributed by atoms with Crippen LogP contribution >= 0.6 is 11.6 Å². The molecule has 4 rings (SSSR count). The van der Waals surface area contributed by atoms with Gasteiger partial charge in [-0.3, -0.25) is 0 Å². The number of halogens is 2. The predicted octanol–water partition coefficient (Wildman–Crippen LogP) is 1.96. The van der Waals surface area contributed by atoms with Gasteiger partial charge in [-0.15, -0.1) is 0 Å². The third-order valence-electron chi connectivity index (χ3n) is 6.21. The first kappa shape index (κ1) is 26.1. The van der Waals surface area contributed by atoms with Gasteiger partial charge in [0.25, 0.3) is 0 Å². The lowest BCUT2D eigenvalue weighted by Crippen LogP contribution is -2.55. The fourth-order valence-corrected chi connectivity index (χ4v) is 4.38. The van der Waals surface area contributed by atoms with Crippen LogP contribution in [0.4, 0.5) is 4.39 Å². The maximum atomic E-state index is 14.5. The predicted molar refractivity (Wildman–Crippen MR) is 125 cm³/mol. The number of rotatable bonds is 9. The van der Waals surface area contributed by atoms with E-state index in [1.54, 1.807) is 6.07 Å². The molecule has 0 aliphatic carbocycles. The highest BCUT2D eigenvalue weighted by atomic mass is 35.5. The molecule has 2 saturated heterocycles. The summed E-state index contributed by atoms with van der Waals surface area (Å²) in [4.78, 5) is 0. The molecule has 0 saturated carbocycles. The quantitative estimate of drug-likeness (QED) is 0.403. The second kappa shape index (κ2) is 11.0. The Labute approximate surface area is 207 Å². The summed E-state index contributed by atoms with van der Waals surface area (Å²) >= 11 is 6.56. The Balaban J connectivity index is 1.66. The summed E-state index contributed by atoms with van der Waals surface area (Å²) in [6.07, 6.45) is -6.45. The second-order valence-corrected chi connectivity index (χ2v) is 9.32. The third kappa shape index (κ3) is 5.72. The maximum absolute atomic E-state index is 14.5. The first-order valence-corrected chi connectivity index (χ1v) is 11.9. The third-order valence-corrected chi connectivity index (χ3v) is 6.57. The molecule has 0 amide bonds. The van der Waals surface area contributed by atoms with Crippen molar-refractivity contribution in [3.63, 3.8) is 0 Å². The topological polar surface area (TPSA) is 118 Å². The molecule has 2 aromatic rings. The number of aliphatic hydroxyl groups is 4. The van der Waals surface area contributed by atoms with E-state index in [0.717, 1.165) is 11.3 Å². The Morgan fingerprint density at radius 3 is 2.37 bits per heavy atom. The highest BCUT2D eigenvalue weighted by Crippen LogP contribution is 2.40. The normalized spacial score (nSPS) is 27.8. The molecule has 0 radical (unpaired) electrons. The van der Waals surface area contributed by atoms with Crippen molar-refractivity contribution in [2.75, 3.05) is 33.0 Å². The summed E-state index contributed by atoms with van der Waals surface area (Å²) in [5.41, 5.74) is 0.298. The van der Waals surface area contributed by atoms with E-state index in [1.165, 1.54) is 6.07 Å². The van der Waals surface area contributed by atoms with Gasteiger partial charge in [0.15, 0.2) is 5.67 Å². The van der Waals surface area contributed by atoms with Crippen LogP contribution in [0.3, 0.4) is 0 Å². The van der Waals surface area contributed by atoms with Crippen LogP contribution in [0.15, 0.2) is 36.4 Å². The van der Waals surface area contributed by atoms with Gasteiger partial charge in [0.1, 0.15) is 48.6 Å². The van der Waals surface area contributed by atoms with Crippen molar-refractivity contribution < 1.29 is 43.8 Å². The molecule has 0 spiro atoms. The fraction of sp³-hybridized carbons (Fsp3) is 0.520. The molecule has 2 aromatic carbocycles. The van der Waals surface area contributed by atoms with Crippen LogP contribution in [0.2, 0.25) is 5.02 Å². The van der Waals surface area contributed by atoms with E-state index in [-0.39, 0.29) is 25.6 Å². The summed E-state index contributed by atoms with van der Waals surface area (Å²) in [7, 11) is 0. The lowest BCUT2D eigenvalue weighted by Gasteiger charge is -2.41. The molecule has 5 unspecified atom stereocenters. The minimum absolute atomic E-state index is 0.0913. The first-order valence-electron chi connectivity index (χ1n) is 11.5. The van der Waals surface area contributed by atoms with Crippen LogP contribution in [0.5, 0.6) is 11.5 Å². The molecular weight excluding hydrogens is 483 g/mol. The standard InChI is InChI=1S/C25H30ClFO8/c1-2-33-16-5-3-14(4-6-16)7-15-8-17(24-23(31)22(30)21(29)20(10-28)35-24)19(9-18(15)26)34-13-25(27)11-32-12-25/h3-6,8-9,20-24,28-31H,2,7,10-13H2,1H3. The Hall–Kier alpha value is -1.98. The van der Waals surface area contributed by atoms with Crippen molar-refractivity contribution in [2.24, 2.45) is 0 Å². The van der Waals surface area contributed by atoms with Gasteiger partial charge in [-0.25, -0.2) is 4.39 Å². The van der Waals surface area contributed by atoms with Gasteiger partial charge in [0, 0.05) is 10.6 Å². The molecule has 2 aliphatic heterocycles. The van der Waals surface area contributed by atoms with Crippen molar-refractivity contribution in [2.45, 2.75) is 49.5 Å². The van der Waals surface area contributed by atoms with Crippen molar-refractivity contribution in [3.8, 4) is 11.5 Å². The van der Waals surface area contributed by atoms with Gasteiger partial charge in [-0.2, -0.15) is 0 Å². The van der Waals surface area contributed by atoms with Gasteiger partial charge < -0.3 is 39.4 Å². The average Bonchev–Trinajstić information content (AvgIpc) is 2.83. The molecule has 10 heteroatoms. The van der Waals surface area contributed by atoms with Crippen molar-refractivity contribution in [3.05, 3.63) is 58.1 Å². The van der Waals surface area contributed by atoms with Crippen LogP contribution in [-0.4, -0.2) is 83.5 Å². The maximum Gasteiger partial charge on any atom is 0.190 e. The fourth-order valence-electron chi connectivity index (χ4n) is 4.16. The second-order valence-electron chi connectivity index (χ2n) is 8.92. The molecular formula is C25H30ClFO8. The zero-order valence-corrected chi connectivity index (χ0v) is 20.0. The van der Waals surface area contributed by atoms with E-state index in [4.69, 9.17) is 30.5 Å². The first-order chi connectivity index (χ1) is 16.7. The van der Waals surface area contributed by atoms with E-state index in [0.29, 0.717) is 29.2 Å². The summed E-state index contributed by atoms with van der Waals surface area (Å²) in [6, 6.07) is 10.7.